The van der Waals surface area contributed by atoms with E-state index >= 15 is 0 Å². The highest BCUT2D eigenvalue weighted by Gasteiger charge is 2.31. The molecule has 0 bridgehead atoms. The van der Waals surface area contributed by atoms with Crippen LogP contribution < -0.4 is 4.74 Å². The van der Waals surface area contributed by atoms with Crippen LogP contribution >= 0.6 is 11.8 Å². The van der Waals surface area contributed by atoms with Crippen LogP contribution in [0.15, 0.2) is 53.8 Å². The summed E-state index contributed by atoms with van der Waals surface area (Å²) in [6.07, 6.45) is 6.28. The second-order valence-electron chi connectivity index (χ2n) is 9.35. The second-order valence-corrected chi connectivity index (χ2v) is 10.5. The number of aliphatic hydroxyl groups is 1. The summed E-state index contributed by atoms with van der Waals surface area (Å²) in [6.45, 7) is 2.70. The number of carboxylic acid groups (broad SMARTS) is 1. The predicted molar refractivity (Wildman–Crippen MR) is 140 cm³/mol. The Kier molecular flexibility index (Phi) is 9.49. The summed E-state index contributed by atoms with van der Waals surface area (Å²) in [5.41, 5.74) is 1.66. The highest BCUT2D eigenvalue weighted by molar-refractivity contribution is 7.99. The van der Waals surface area contributed by atoms with Gasteiger partial charge >= 0.3 is 5.97 Å². The molecule has 8 nitrogen and oxygen atoms in total. The molecule has 1 fully saturated rings. The lowest BCUT2D eigenvalue weighted by atomic mass is 9.79. The molecule has 0 unspecified atom stereocenters. The van der Waals surface area contributed by atoms with Crippen LogP contribution in [0.3, 0.4) is 0 Å². The monoisotopic (exact) mass is 510 g/mol. The Morgan fingerprint density at radius 1 is 1.25 bits per heavy atom. The van der Waals surface area contributed by atoms with Gasteiger partial charge in [0.2, 0.25) is 0 Å². The number of methoxy groups -OCH3 is 1. The SMILES string of the molecule is COc1ccc2nccc([C@H](O)CC[C@@H]3CCN(CCCSc4cccnn4)C[C@@H]3CC(=O)O)c2c1. The lowest BCUT2D eigenvalue weighted by Crippen LogP contribution is -2.42. The normalized spacial score (nSPS) is 19.3. The van der Waals surface area contributed by atoms with Crippen molar-refractivity contribution < 1.29 is 19.7 Å². The molecular formula is C27H34N4O4S. The zero-order valence-corrected chi connectivity index (χ0v) is 21.4. The van der Waals surface area contributed by atoms with Gasteiger partial charge in [-0.25, -0.2) is 0 Å². The molecule has 9 heteroatoms. The van der Waals surface area contributed by atoms with E-state index < -0.39 is 12.1 Å². The van der Waals surface area contributed by atoms with Crippen molar-refractivity contribution in [2.75, 3.05) is 32.5 Å². The van der Waals surface area contributed by atoms with Gasteiger partial charge in [-0.2, -0.15) is 5.10 Å². The van der Waals surface area contributed by atoms with Gasteiger partial charge < -0.3 is 19.8 Å². The Balaban J connectivity index is 1.31. The number of piperidine rings is 1. The van der Waals surface area contributed by atoms with E-state index in [4.69, 9.17) is 4.74 Å². The fourth-order valence-electron chi connectivity index (χ4n) is 5.12. The highest BCUT2D eigenvalue weighted by atomic mass is 32.2. The third-order valence-corrected chi connectivity index (χ3v) is 7.99. The van der Waals surface area contributed by atoms with Gasteiger partial charge in [0, 0.05) is 36.5 Å². The summed E-state index contributed by atoms with van der Waals surface area (Å²) in [5.74, 6) is 1.30. The molecule has 1 aliphatic rings. The van der Waals surface area contributed by atoms with Gasteiger partial charge in [0.15, 0.2) is 0 Å². The molecule has 3 aromatic rings. The third kappa shape index (κ3) is 7.15. The molecule has 3 heterocycles. The number of thioether (sulfide) groups is 1. The van der Waals surface area contributed by atoms with Gasteiger partial charge in [-0.05, 0) is 92.6 Å². The molecule has 1 saturated heterocycles. The van der Waals surface area contributed by atoms with E-state index in [2.05, 4.69) is 20.1 Å². The maximum atomic E-state index is 11.6. The molecule has 2 aromatic heterocycles. The van der Waals surface area contributed by atoms with Gasteiger partial charge in [0.05, 0.1) is 18.7 Å². The Labute approximate surface area is 216 Å². The molecule has 0 radical (unpaired) electrons. The third-order valence-electron chi connectivity index (χ3n) is 6.98. The first-order valence-corrected chi connectivity index (χ1v) is 13.5. The van der Waals surface area contributed by atoms with Crippen LogP contribution in [0.2, 0.25) is 0 Å². The minimum Gasteiger partial charge on any atom is -0.497 e. The zero-order chi connectivity index (χ0) is 25.3. The maximum absolute atomic E-state index is 11.6. The Morgan fingerprint density at radius 2 is 2.14 bits per heavy atom. The quantitative estimate of drug-likeness (QED) is 0.270. The number of hydrogen-bond acceptors (Lipinski definition) is 8. The molecular weight excluding hydrogens is 476 g/mol. The number of carbonyl (C=O) groups is 1. The maximum Gasteiger partial charge on any atom is 0.303 e. The Hall–Kier alpha value is -2.75. The minimum atomic E-state index is -0.752. The van der Waals surface area contributed by atoms with Crippen LogP contribution in [0.5, 0.6) is 5.75 Å². The molecule has 0 aliphatic carbocycles. The first-order chi connectivity index (χ1) is 17.5. The average Bonchev–Trinajstić information content (AvgIpc) is 2.90. The number of aliphatic hydroxyl groups excluding tert-OH is 1. The van der Waals surface area contributed by atoms with Crippen LogP contribution in [0.4, 0.5) is 0 Å². The molecule has 0 amide bonds. The minimum absolute atomic E-state index is 0.0883. The van der Waals surface area contributed by atoms with Crippen LogP contribution in [-0.2, 0) is 4.79 Å². The number of likely N-dealkylation sites (tertiary alicyclic amines) is 1. The van der Waals surface area contributed by atoms with Crippen LogP contribution in [0.25, 0.3) is 10.9 Å². The topological polar surface area (TPSA) is 109 Å². The molecule has 1 aliphatic heterocycles. The Bertz CT molecular complexity index is 1130. The van der Waals surface area contributed by atoms with Crippen LogP contribution in [0, 0.1) is 11.8 Å². The highest BCUT2D eigenvalue weighted by Crippen LogP contribution is 2.35. The molecule has 0 spiro atoms. The van der Waals surface area contributed by atoms with Crippen LogP contribution in [0.1, 0.15) is 43.8 Å². The van der Waals surface area contributed by atoms with Gasteiger partial charge in [-0.1, -0.05) is 0 Å². The first-order valence-electron chi connectivity index (χ1n) is 12.5. The molecule has 1 aromatic carbocycles. The largest absolute Gasteiger partial charge is 0.497 e. The van der Waals surface area contributed by atoms with E-state index in [1.807, 2.05) is 36.4 Å². The number of benzene rings is 1. The molecule has 0 saturated carbocycles. The fourth-order valence-corrected chi connectivity index (χ4v) is 5.88. The van der Waals surface area contributed by atoms with Crippen molar-refractivity contribution >= 4 is 28.6 Å². The van der Waals surface area contributed by atoms with E-state index in [0.717, 1.165) is 71.9 Å². The summed E-state index contributed by atoms with van der Waals surface area (Å²) >= 11 is 1.70. The van der Waals surface area contributed by atoms with Crippen molar-refractivity contribution in [2.45, 2.75) is 43.2 Å². The van der Waals surface area contributed by atoms with Gasteiger partial charge in [0.1, 0.15) is 10.8 Å². The number of aromatic nitrogens is 3. The van der Waals surface area contributed by atoms with E-state index in [9.17, 15) is 15.0 Å². The molecule has 36 heavy (non-hydrogen) atoms. The molecule has 3 atom stereocenters. The molecule has 192 valence electrons. The van der Waals surface area contributed by atoms with Crippen molar-refractivity contribution in [1.29, 1.82) is 0 Å². The molecule has 4 rings (SSSR count). The second kappa shape index (κ2) is 13.0. The number of aliphatic carboxylic acids is 1. The number of ether oxygens (including phenoxy) is 1. The molecule has 2 N–H and O–H groups in total. The number of hydrogen-bond donors (Lipinski definition) is 2. The summed E-state index contributed by atoms with van der Waals surface area (Å²) in [6, 6.07) is 11.4. The average molecular weight is 511 g/mol. The van der Waals surface area contributed by atoms with Crippen molar-refractivity contribution in [2.24, 2.45) is 11.8 Å². The smallest absolute Gasteiger partial charge is 0.303 e. The van der Waals surface area contributed by atoms with Crippen molar-refractivity contribution in [3.63, 3.8) is 0 Å². The van der Waals surface area contributed by atoms with Crippen molar-refractivity contribution in [3.8, 4) is 5.75 Å². The summed E-state index contributed by atoms with van der Waals surface area (Å²) in [5, 5.41) is 30.4. The van der Waals surface area contributed by atoms with E-state index in [0.29, 0.717) is 6.42 Å². The van der Waals surface area contributed by atoms with Crippen molar-refractivity contribution in [1.82, 2.24) is 20.1 Å². The van der Waals surface area contributed by atoms with Gasteiger partial charge in [-0.3, -0.25) is 9.78 Å². The summed E-state index contributed by atoms with van der Waals surface area (Å²) in [4.78, 5) is 18.4. The van der Waals surface area contributed by atoms with Crippen molar-refractivity contribution in [3.05, 3.63) is 54.4 Å². The van der Waals surface area contributed by atoms with E-state index in [1.165, 1.54) is 0 Å². The van der Waals surface area contributed by atoms with Crippen LogP contribution in [-0.4, -0.2) is 68.8 Å². The van der Waals surface area contributed by atoms with Gasteiger partial charge in [-0.15, -0.1) is 16.9 Å². The fraction of sp³-hybridized carbons (Fsp3) is 0.481. The lowest BCUT2D eigenvalue weighted by molar-refractivity contribution is -0.139. The Morgan fingerprint density at radius 3 is 2.92 bits per heavy atom. The number of carboxylic acids is 1. The summed E-state index contributed by atoms with van der Waals surface area (Å²) in [7, 11) is 1.62. The first kappa shape index (κ1) is 26.3. The standard InChI is InChI=1S/C27H34N4O4S/c1-35-21-6-7-24-23(17-21)22(9-12-28-24)25(32)8-5-19-10-14-31(18-20(19)16-27(33)34)13-3-15-36-26-4-2-11-29-30-26/h2,4,6-7,9,11-12,17,19-20,25,32H,3,5,8,10,13-16,18H2,1H3,(H,33,34)/t19-,20+,25-/m1/s1. The number of rotatable bonds is 12. The van der Waals surface area contributed by atoms with E-state index in [1.54, 1.807) is 31.3 Å². The number of fused-ring (bicyclic) bond motifs is 1. The summed E-state index contributed by atoms with van der Waals surface area (Å²) < 4.78 is 5.35. The number of pyridine rings is 1. The zero-order valence-electron chi connectivity index (χ0n) is 20.6. The van der Waals surface area contributed by atoms with E-state index in [-0.39, 0.29) is 18.3 Å². The number of nitrogens with zero attached hydrogens (tertiary/aromatic N) is 4. The van der Waals surface area contributed by atoms with Gasteiger partial charge in [0.25, 0.3) is 0 Å². The lowest BCUT2D eigenvalue weighted by Gasteiger charge is -2.38. The predicted octanol–water partition coefficient (Wildman–Crippen LogP) is 4.44.